The highest BCUT2D eigenvalue weighted by molar-refractivity contribution is 6.18. The van der Waals surface area contributed by atoms with Gasteiger partial charge in [-0.2, -0.15) is 0 Å². The van der Waals surface area contributed by atoms with Crippen LogP contribution in [0.3, 0.4) is 0 Å². The Balaban J connectivity index is 2.06. The van der Waals surface area contributed by atoms with Crippen LogP contribution in [-0.4, -0.2) is 23.8 Å². The Labute approximate surface area is 151 Å². The highest BCUT2D eigenvalue weighted by Gasteiger charge is 2.27. The van der Waals surface area contributed by atoms with Crippen molar-refractivity contribution in [3.63, 3.8) is 0 Å². The predicted molar refractivity (Wildman–Crippen MR) is 100 cm³/mol. The summed E-state index contributed by atoms with van der Waals surface area (Å²) in [6.07, 6.45) is 0.611. The summed E-state index contributed by atoms with van der Waals surface area (Å²) >= 11 is 0. The molecule has 132 valence electrons. The van der Waals surface area contributed by atoms with Crippen molar-refractivity contribution in [2.45, 2.75) is 13.3 Å². The maximum absolute atomic E-state index is 13.2. The largest absolute Gasteiger partial charge is 0.465 e. The lowest BCUT2D eigenvalue weighted by molar-refractivity contribution is 0.0597. The fraction of sp³-hybridized carbons (Fsp3) is 0.143. The Bertz CT molecular complexity index is 959. The fourth-order valence-corrected chi connectivity index (χ4v) is 3.09. The number of nitrogen functional groups attached to an aromatic ring is 1. The third-order valence-corrected chi connectivity index (χ3v) is 4.33. The first-order valence-electron chi connectivity index (χ1n) is 8.25. The van der Waals surface area contributed by atoms with Gasteiger partial charge in [0.05, 0.1) is 18.2 Å². The molecule has 26 heavy (non-hydrogen) atoms. The van der Waals surface area contributed by atoms with Crippen LogP contribution >= 0.6 is 0 Å². The summed E-state index contributed by atoms with van der Waals surface area (Å²) in [5, 5.41) is 0. The van der Waals surface area contributed by atoms with Gasteiger partial charge in [0, 0.05) is 11.3 Å². The van der Waals surface area contributed by atoms with Gasteiger partial charge in [0.2, 0.25) is 0 Å². The zero-order valence-corrected chi connectivity index (χ0v) is 14.7. The molecule has 0 unspecified atom stereocenters. The first kappa shape index (κ1) is 17.5. The van der Waals surface area contributed by atoms with Crippen LogP contribution in [0.2, 0.25) is 0 Å². The van der Waals surface area contributed by atoms with E-state index < -0.39 is 5.97 Å². The summed E-state index contributed by atoms with van der Waals surface area (Å²) in [5.41, 5.74) is 9.34. The summed E-state index contributed by atoms with van der Waals surface area (Å²) in [7, 11) is 1.28. The van der Waals surface area contributed by atoms with Crippen LogP contribution in [0, 0.1) is 6.92 Å². The van der Waals surface area contributed by atoms with Crippen LogP contribution in [-0.2, 0) is 11.2 Å². The molecule has 1 aromatic heterocycles. The molecule has 0 amide bonds. The van der Waals surface area contributed by atoms with Gasteiger partial charge in [-0.1, -0.05) is 54.6 Å². The molecule has 0 saturated carbocycles. The molecular weight excluding hydrogens is 328 g/mol. The second kappa shape index (κ2) is 7.27. The number of aryl methyl sites for hydroxylation is 1. The molecule has 0 aliphatic rings. The number of nitrogens with one attached hydrogen (secondary N) is 1. The van der Waals surface area contributed by atoms with E-state index >= 15 is 0 Å². The molecule has 3 aromatic rings. The number of nitrogens with two attached hydrogens (primary N) is 1. The van der Waals surface area contributed by atoms with Crippen molar-refractivity contribution >= 4 is 17.6 Å². The number of aromatic amines is 1. The monoisotopic (exact) mass is 348 g/mol. The number of esters is 1. The van der Waals surface area contributed by atoms with Crippen LogP contribution in [0.1, 0.15) is 43.1 Å². The van der Waals surface area contributed by atoms with Crippen LogP contribution < -0.4 is 5.73 Å². The maximum atomic E-state index is 13.2. The van der Waals surface area contributed by atoms with Crippen LogP contribution in [0.25, 0.3) is 0 Å². The predicted octanol–water partition coefficient (Wildman–Crippen LogP) is 3.51. The Kier molecular flexibility index (Phi) is 4.89. The molecule has 0 fully saturated rings. The lowest BCUT2D eigenvalue weighted by atomic mass is 9.93. The van der Waals surface area contributed by atoms with E-state index in [0.29, 0.717) is 17.7 Å². The molecule has 3 rings (SSSR count). The molecule has 3 N–H and O–H groups in total. The molecule has 0 aliphatic heterocycles. The number of H-pyrrole nitrogens is 1. The minimum atomic E-state index is -0.584. The van der Waals surface area contributed by atoms with E-state index in [2.05, 4.69) is 4.98 Å². The number of benzene rings is 2. The van der Waals surface area contributed by atoms with Gasteiger partial charge in [-0.3, -0.25) is 4.79 Å². The summed E-state index contributed by atoms with van der Waals surface area (Å²) in [5.74, 6) is -0.708. The van der Waals surface area contributed by atoms with E-state index in [9.17, 15) is 9.59 Å². The van der Waals surface area contributed by atoms with E-state index in [1.807, 2.05) is 42.5 Å². The number of carbonyl (C=O) groups is 2. The van der Waals surface area contributed by atoms with E-state index in [1.54, 1.807) is 19.1 Å². The highest BCUT2D eigenvalue weighted by atomic mass is 16.5. The SMILES string of the molecule is COC(=O)c1c(C)[nH]c(N)c1C(=O)c1ccccc1Cc1ccccc1. The Morgan fingerprint density at radius 2 is 1.65 bits per heavy atom. The molecule has 2 aromatic carbocycles. The normalized spacial score (nSPS) is 10.5. The van der Waals surface area contributed by atoms with E-state index in [1.165, 1.54) is 7.11 Å². The molecule has 0 radical (unpaired) electrons. The highest BCUT2D eigenvalue weighted by Crippen LogP contribution is 2.27. The minimum Gasteiger partial charge on any atom is -0.465 e. The molecule has 0 aliphatic carbocycles. The Morgan fingerprint density at radius 3 is 2.35 bits per heavy atom. The van der Waals surface area contributed by atoms with Gasteiger partial charge >= 0.3 is 5.97 Å². The second-order valence-corrected chi connectivity index (χ2v) is 6.05. The van der Waals surface area contributed by atoms with Gasteiger partial charge < -0.3 is 15.5 Å². The lowest BCUT2D eigenvalue weighted by Crippen LogP contribution is -2.13. The summed E-state index contributed by atoms with van der Waals surface area (Å²) < 4.78 is 4.82. The number of rotatable bonds is 5. The molecule has 0 bridgehead atoms. The maximum Gasteiger partial charge on any atom is 0.340 e. The van der Waals surface area contributed by atoms with Crippen LogP contribution in [0.4, 0.5) is 5.82 Å². The zero-order valence-electron chi connectivity index (χ0n) is 14.7. The Hall–Kier alpha value is -3.34. The van der Waals surface area contributed by atoms with Gasteiger partial charge in [-0.05, 0) is 24.5 Å². The Morgan fingerprint density at radius 1 is 1.00 bits per heavy atom. The molecule has 0 saturated heterocycles. The van der Waals surface area contributed by atoms with Gasteiger partial charge in [0.15, 0.2) is 5.78 Å². The quantitative estimate of drug-likeness (QED) is 0.546. The van der Waals surface area contributed by atoms with Gasteiger partial charge in [0.1, 0.15) is 5.82 Å². The number of carbonyl (C=O) groups excluding carboxylic acids is 2. The standard InChI is InChI=1S/C21H20N2O3/c1-13-17(21(25)26-2)18(20(22)23-13)19(24)16-11-7-6-10-15(16)12-14-8-4-3-5-9-14/h3-11,23H,12,22H2,1-2H3. The fourth-order valence-electron chi connectivity index (χ4n) is 3.09. The first-order valence-corrected chi connectivity index (χ1v) is 8.25. The van der Waals surface area contributed by atoms with Crippen molar-refractivity contribution in [1.29, 1.82) is 0 Å². The van der Waals surface area contributed by atoms with E-state index in [0.717, 1.165) is 11.1 Å². The zero-order chi connectivity index (χ0) is 18.7. The molecule has 5 heteroatoms. The second-order valence-electron chi connectivity index (χ2n) is 6.05. The van der Waals surface area contributed by atoms with Crippen LogP contribution in [0.15, 0.2) is 54.6 Å². The van der Waals surface area contributed by atoms with Crippen molar-refractivity contribution < 1.29 is 14.3 Å². The van der Waals surface area contributed by atoms with Crippen molar-refractivity contribution in [1.82, 2.24) is 4.98 Å². The average Bonchev–Trinajstić information content (AvgIpc) is 2.95. The summed E-state index contributed by atoms with van der Waals surface area (Å²) in [6.45, 7) is 1.69. The number of ether oxygens (including phenoxy) is 1. The van der Waals surface area contributed by atoms with Crippen molar-refractivity contribution in [2.75, 3.05) is 12.8 Å². The number of aromatic nitrogens is 1. The van der Waals surface area contributed by atoms with E-state index in [-0.39, 0.29) is 22.7 Å². The third-order valence-electron chi connectivity index (χ3n) is 4.33. The molecular formula is C21H20N2O3. The van der Waals surface area contributed by atoms with Crippen molar-refractivity contribution in [3.8, 4) is 0 Å². The smallest absolute Gasteiger partial charge is 0.340 e. The number of hydrogen-bond donors (Lipinski definition) is 2. The van der Waals surface area contributed by atoms with E-state index in [4.69, 9.17) is 10.5 Å². The van der Waals surface area contributed by atoms with Crippen molar-refractivity contribution in [3.05, 3.63) is 88.1 Å². The molecule has 1 heterocycles. The molecule has 0 atom stereocenters. The topological polar surface area (TPSA) is 85.2 Å². The first-order chi connectivity index (χ1) is 12.5. The van der Waals surface area contributed by atoms with Crippen LogP contribution in [0.5, 0.6) is 0 Å². The number of hydrogen-bond acceptors (Lipinski definition) is 4. The molecule has 5 nitrogen and oxygen atoms in total. The minimum absolute atomic E-state index is 0.162. The van der Waals surface area contributed by atoms with Gasteiger partial charge in [-0.15, -0.1) is 0 Å². The van der Waals surface area contributed by atoms with Crippen molar-refractivity contribution in [2.24, 2.45) is 0 Å². The van der Waals surface area contributed by atoms with Gasteiger partial charge in [-0.25, -0.2) is 4.79 Å². The number of anilines is 1. The number of ketones is 1. The summed E-state index contributed by atoms with van der Waals surface area (Å²) in [4.78, 5) is 28.2. The molecule has 0 spiro atoms. The summed E-state index contributed by atoms with van der Waals surface area (Å²) in [6, 6.07) is 17.2. The average molecular weight is 348 g/mol. The lowest BCUT2D eigenvalue weighted by Gasteiger charge is -2.10. The third kappa shape index (κ3) is 3.24. The number of methoxy groups -OCH3 is 1. The van der Waals surface area contributed by atoms with Gasteiger partial charge in [0.25, 0.3) is 0 Å².